The number of furan rings is 1. The van der Waals surface area contributed by atoms with Crippen LogP contribution in [0.4, 0.5) is 0 Å². The zero-order chi connectivity index (χ0) is 19.9. The molecule has 0 amide bonds. The van der Waals surface area contributed by atoms with Gasteiger partial charge < -0.3 is 14.1 Å². The first-order valence-electron chi connectivity index (χ1n) is 10.2. The zero-order valence-corrected chi connectivity index (χ0v) is 17.3. The highest BCUT2D eigenvalue weighted by Gasteiger charge is 2.22. The van der Waals surface area contributed by atoms with Gasteiger partial charge in [0.15, 0.2) is 6.10 Å². The molecule has 1 fully saturated rings. The Morgan fingerprint density at radius 1 is 0.862 bits per heavy atom. The molecule has 152 valence electrons. The third kappa shape index (κ3) is 5.63. The Kier molecular flexibility index (Phi) is 6.88. The second-order valence-electron chi connectivity index (χ2n) is 7.44. The molecule has 4 nitrogen and oxygen atoms in total. The van der Waals surface area contributed by atoms with E-state index in [0.29, 0.717) is 10.8 Å². The highest BCUT2D eigenvalue weighted by atomic mass is 35.5. The van der Waals surface area contributed by atoms with Crippen LogP contribution in [0.3, 0.4) is 0 Å². The van der Waals surface area contributed by atoms with Crippen LogP contribution in [0.15, 0.2) is 77.4 Å². The lowest BCUT2D eigenvalue weighted by atomic mass is 10.1. The predicted molar refractivity (Wildman–Crippen MR) is 116 cm³/mol. The highest BCUT2D eigenvalue weighted by Crippen LogP contribution is 2.30. The van der Waals surface area contributed by atoms with E-state index >= 15 is 0 Å². The van der Waals surface area contributed by atoms with E-state index in [1.54, 1.807) is 6.26 Å². The van der Waals surface area contributed by atoms with Crippen LogP contribution in [0.1, 0.15) is 23.8 Å². The van der Waals surface area contributed by atoms with Crippen molar-refractivity contribution in [1.29, 1.82) is 0 Å². The molecular weight excluding hydrogens is 384 g/mol. The molecule has 1 aliphatic heterocycles. The molecule has 1 saturated heterocycles. The summed E-state index contributed by atoms with van der Waals surface area (Å²) in [6, 6.07) is 22.2. The van der Waals surface area contributed by atoms with Crippen molar-refractivity contribution in [2.75, 3.05) is 32.7 Å². The maximum Gasteiger partial charge on any atom is 0.157 e. The van der Waals surface area contributed by atoms with Crippen LogP contribution in [-0.2, 0) is 6.54 Å². The molecule has 0 aliphatic carbocycles. The van der Waals surface area contributed by atoms with Gasteiger partial charge in [0.1, 0.15) is 11.5 Å². The van der Waals surface area contributed by atoms with E-state index in [0.717, 1.165) is 51.4 Å². The fourth-order valence-corrected chi connectivity index (χ4v) is 3.92. The van der Waals surface area contributed by atoms with Crippen LogP contribution >= 0.6 is 11.6 Å². The van der Waals surface area contributed by atoms with Gasteiger partial charge in [-0.1, -0.05) is 54.1 Å². The summed E-state index contributed by atoms with van der Waals surface area (Å²) in [4.78, 5) is 5.03. The number of halogens is 1. The normalized spacial score (nSPS) is 16.6. The lowest BCUT2D eigenvalue weighted by Crippen LogP contribution is -2.46. The van der Waals surface area contributed by atoms with Crippen LogP contribution in [0.2, 0.25) is 5.02 Å². The van der Waals surface area contributed by atoms with E-state index in [1.165, 1.54) is 5.56 Å². The Morgan fingerprint density at radius 2 is 1.59 bits per heavy atom. The van der Waals surface area contributed by atoms with Crippen molar-refractivity contribution in [3.05, 3.63) is 89.3 Å². The van der Waals surface area contributed by atoms with Crippen molar-refractivity contribution in [3.8, 4) is 5.75 Å². The van der Waals surface area contributed by atoms with Crippen molar-refractivity contribution < 1.29 is 9.15 Å². The van der Waals surface area contributed by atoms with Crippen LogP contribution < -0.4 is 4.74 Å². The fourth-order valence-electron chi connectivity index (χ4n) is 3.74. The van der Waals surface area contributed by atoms with Crippen molar-refractivity contribution in [2.45, 2.75) is 19.1 Å². The number of ether oxygens (including phenoxy) is 1. The average Bonchev–Trinajstić information content (AvgIpc) is 3.29. The molecule has 1 unspecified atom stereocenters. The van der Waals surface area contributed by atoms with E-state index in [2.05, 4.69) is 40.1 Å². The summed E-state index contributed by atoms with van der Waals surface area (Å²) in [6.07, 6.45) is 2.41. The lowest BCUT2D eigenvalue weighted by molar-refractivity contribution is 0.100. The van der Waals surface area contributed by atoms with Gasteiger partial charge in [-0.15, -0.1) is 0 Å². The largest absolute Gasteiger partial charge is 0.481 e. The summed E-state index contributed by atoms with van der Waals surface area (Å²) in [7, 11) is 0. The SMILES string of the molecule is Clc1ccccc1OC(CCN1CCN(Cc2ccccc2)CC1)c1ccco1. The summed E-state index contributed by atoms with van der Waals surface area (Å²) in [6.45, 7) is 6.32. The molecule has 5 heteroatoms. The molecule has 0 N–H and O–H groups in total. The van der Waals surface area contributed by atoms with Crippen molar-refractivity contribution in [1.82, 2.24) is 9.80 Å². The number of rotatable bonds is 8. The van der Waals surface area contributed by atoms with Gasteiger partial charge in [-0.25, -0.2) is 0 Å². The first-order chi connectivity index (χ1) is 14.3. The molecule has 29 heavy (non-hydrogen) atoms. The number of hydrogen-bond acceptors (Lipinski definition) is 4. The molecule has 0 saturated carbocycles. The maximum absolute atomic E-state index is 6.29. The minimum absolute atomic E-state index is 0.146. The summed E-state index contributed by atoms with van der Waals surface area (Å²) < 4.78 is 11.9. The zero-order valence-electron chi connectivity index (χ0n) is 16.5. The standard InChI is InChI=1S/C24H27ClN2O2/c25-21-9-4-5-10-22(21)29-24(23-11-6-18-28-23)12-13-26-14-16-27(17-15-26)19-20-7-2-1-3-8-20/h1-11,18,24H,12-17,19H2. The number of nitrogens with zero attached hydrogens (tertiary/aromatic N) is 2. The van der Waals surface area contributed by atoms with E-state index in [1.807, 2.05) is 36.4 Å². The minimum atomic E-state index is -0.146. The molecule has 0 bridgehead atoms. The molecule has 2 aromatic carbocycles. The van der Waals surface area contributed by atoms with Crippen LogP contribution in [0.25, 0.3) is 0 Å². The van der Waals surface area contributed by atoms with E-state index in [9.17, 15) is 0 Å². The third-order valence-corrected chi connectivity index (χ3v) is 5.70. The van der Waals surface area contributed by atoms with Gasteiger partial charge in [-0.3, -0.25) is 4.90 Å². The van der Waals surface area contributed by atoms with Gasteiger partial charge in [-0.05, 0) is 29.8 Å². The molecule has 0 spiro atoms. The van der Waals surface area contributed by atoms with Crippen molar-refractivity contribution >= 4 is 11.6 Å². The molecule has 0 radical (unpaired) electrons. The van der Waals surface area contributed by atoms with Gasteiger partial charge in [-0.2, -0.15) is 0 Å². The molecule has 4 rings (SSSR count). The minimum Gasteiger partial charge on any atom is -0.481 e. The Morgan fingerprint density at radius 3 is 2.31 bits per heavy atom. The van der Waals surface area contributed by atoms with Gasteiger partial charge >= 0.3 is 0 Å². The molecule has 1 aliphatic rings. The van der Waals surface area contributed by atoms with Crippen molar-refractivity contribution in [3.63, 3.8) is 0 Å². The summed E-state index contributed by atoms with van der Waals surface area (Å²) in [5.41, 5.74) is 1.38. The summed E-state index contributed by atoms with van der Waals surface area (Å²) >= 11 is 6.29. The number of piperazine rings is 1. The van der Waals surface area contributed by atoms with Gasteiger partial charge in [0.05, 0.1) is 11.3 Å². The smallest absolute Gasteiger partial charge is 0.157 e. The Hall–Kier alpha value is -2.27. The van der Waals surface area contributed by atoms with Crippen LogP contribution in [0, 0.1) is 0 Å². The third-order valence-electron chi connectivity index (χ3n) is 5.39. The van der Waals surface area contributed by atoms with Crippen LogP contribution in [0.5, 0.6) is 5.75 Å². The monoisotopic (exact) mass is 410 g/mol. The molecule has 2 heterocycles. The summed E-state index contributed by atoms with van der Waals surface area (Å²) in [5.74, 6) is 1.54. The summed E-state index contributed by atoms with van der Waals surface area (Å²) in [5, 5.41) is 0.624. The van der Waals surface area contributed by atoms with E-state index in [4.69, 9.17) is 20.8 Å². The van der Waals surface area contributed by atoms with E-state index < -0.39 is 0 Å². The Bertz CT molecular complexity index is 862. The number of hydrogen-bond donors (Lipinski definition) is 0. The molecule has 1 aromatic heterocycles. The molecule has 1 atom stereocenters. The highest BCUT2D eigenvalue weighted by molar-refractivity contribution is 6.32. The van der Waals surface area contributed by atoms with Gasteiger partial charge in [0.25, 0.3) is 0 Å². The Labute approximate surface area is 177 Å². The average molecular weight is 411 g/mol. The first kappa shape index (κ1) is 20.0. The maximum atomic E-state index is 6.29. The van der Waals surface area contributed by atoms with Gasteiger partial charge in [0.2, 0.25) is 0 Å². The quantitative estimate of drug-likeness (QED) is 0.506. The van der Waals surface area contributed by atoms with Crippen LogP contribution in [-0.4, -0.2) is 42.5 Å². The second-order valence-corrected chi connectivity index (χ2v) is 7.85. The Balaban J connectivity index is 1.30. The van der Waals surface area contributed by atoms with E-state index in [-0.39, 0.29) is 6.10 Å². The fraction of sp³-hybridized carbons (Fsp3) is 0.333. The lowest BCUT2D eigenvalue weighted by Gasteiger charge is -2.35. The molecule has 3 aromatic rings. The number of para-hydroxylation sites is 1. The van der Waals surface area contributed by atoms with Gasteiger partial charge in [0, 0.05) is 45.7 Å². The van der Waals surface area contributed by atoms with Crippen molar-refractivity contribution in [2.24, 2.45) is 0 Å². The predicted octanol–water partition coefficient (Wildman–Crippen LogP) is 5.26. The number of benzene rings is 2. The molecular formula is C24H27ClN2O2. The second kappa shape index (κ2) is 9.97. The first-order valence-corrected chi connectivity index (χ1v) is 10.6. The topological polar surface area (TPSA) is 28.9 Å².